The van der Waals surface area contributed by atoms with E-state index in [0.29, 0.717) is 29.5 Å². The van der Waals surface area contributed by atoms with Crippen LogP contribution in [0.15, 0.2) is 30.3 Å². The number of alkyl carbamates (subject to hydrolysis) is 1. The Morgan fingerprint density at radius 1 is 0.857 bits per heavy atom. The van der Waals surface area contributed by atoms with Gasteiger partial charge in [0.1, 0.15) is 5.60 Å². The summed E-state index contributed by atoms with van der Waals surface area (Å²) in [4.78, 5) is 51.2. The first-order valence-corrected chi connectivity index (χ1v) is 14.1. The van der Waals surface area contributed by atoms with E-state index < -0.39 is 40.4 Å². The number of hydrogen-bond donors (Lipinski definition) is 3. The van der Waals surface area contributed by atoms with Gasteiger partial charge in [-0.2, -0.15) is 0 Å². The van der Waals surface area contributed by atoms with Crippen LogP contribution in [0.2, 0.25) is 0 Å². The number of aliphatic carboxylic acids is 1. The van der Waals surface area contributed by atoms with Crippen molar-refractivity contribution in [2.75, 3.05) is 44.8 Å². The summed E-state index contributed by atoms with van der Waals surface area (Å²) in [5.74, 6) is -1.67. The van der Waals surface area contributed by atoms with Crippen LogP contribution in [0.3, 0.4) is 0 Å². The van der Waals surface area contributed by atoms with E-state index in [1.165, 1.54) is 4.90 Å². The summed E-state index contributed by atoms with van der Waals surface area (Å²) in [5, 5.41) is 16.9. The number of hydrogen-bond acceptors (Lipinski definition) is 8. The Morgan fingerprint density at radius 3 is 2.10 bits per heavy atom. The SMILES string of the molecule is CC(C)(CC(C)(C)C(=O)O)Nc1ccc2c3c(cccc13)C(=O)N(CCOCCOCCNC(=O)OC(C)(C)C)C2=O. The van der Waals surface area contributed by atoms with Crippen LogP contribution >= 0.6 is 0 Å². The molecule has 42 heavy (non-hydrogen) atoms. The molecule has 0 bridgehead atoms. The number of nitrogens with zero attached hydrogens (tertiary/aromatic N) is 1. The van der Waals surface area contributed by atoms with E-state index in [9.17, 15) is 24.3 Å². The molecule has 0 atom stereocenters. The van der Waals surface area contributed by atoms with Crippen molar-refractivity contribution in [3.63, 3.8) is 0 Å². The molecule has 0 aromatic heterocycles. The second-order valence-corrected chi connectivity index (χ2v) is 12.7. The molecule has 1 aliphatic heterocycles. The van der Waals surface area contributed by atoms with Crippen molar-refractivity contribution < 1.29 is 38.5 Å². The Kier molecular flexibility index (Phi) is 10.2. The summed E-state index contributed by atoms with van der Waals surface area (Å²) in [5.41, 5.74) is -0.510. The number of carbonyl (C=O) groups excluding carboxylic acids is 3. The van der Waals surface area contributed by atoms with Crippen LogP contribution in [0.5, 0.6) is 0 Å². The lowest BCUT2D eigenvalue weighted by Crippen LogP contribution is -2.42. The summed E-state index contributed by atoms with van der Waals surface area (Å²) >= 11 is 0. The second-order valence-electron chi connectivity index (χ2n) is 12.7. The molecule has 11 heteroatoms. The van der Waals surface area contributed by atoms with Crippen LogP contribution in [0.25, 0.3) is 10.8 Å². The lowest BCUT2D eigenvalue weighted by molar-refractivity contribution is -0.147. The van der Waals surface area contributed by atoms with Crippen molar-refractivity contribution in [3.05, 3.63) is 41.5 Å². The van der Waals surface area contributed by atoms with E-state index in [1.807, 2.05) is 19.9 Å². The minimum atomic E-state index is -0.942. The van der Waals surface area contributed by atoms with E-state index in [4.69, 9.17) is 14.2 Å². The van der Waals surface area contributed by atoms with Crippen LogP contribution in [0.4, 0.5) is 10.5 Å². The van der Waals surface area contributed by atoms with Crippen LogP contribution in [-0.4, -0.2) is 84.5 Å². The minimum absolute atomic E-state index is 0.0883. The van der Waals surface area contributed by atoms with Gasteiger partial charge < -0.3 is 30.0 Å². The van der Waals surface area contributed by atoms with Gasteiger partial charge in [-0.15, -0.1) is 0 Å². The van der Waals surface area contributed by atoms with Gasteiger partial charge in [0.15, 0.2) is 0 Å². The Morgan fingerprint density at radius 2 is 1.48 bits per heavy atom. The summed E-state index contributed by atoms with van der Waals surface area (Å²) in [7, 11) is 0. The summed E-state index contributed by atoms with van der Waals surface area (Å²) in [6, 6.07) is 8.84. The van der Waals surface area contributed by atoms with Crippen molar-refractivity contribution in [2.24, 2.45) is 5.41 Å². The monoisotopic (exact) mass is 585 g/mol. The predicted molar refractivity (Wildman–Crippen MR) is 159 cm³/mol. The topological polar surface area (TPSA) is 144 Å². The van der Waals surface area contributed by atoms with Gasteiger partial charge in [0.05, 0.1) is 38.4 Å². The number of nitrogens with one attached hydrogen (secondary N) is 2. The fourth-order valence-corrected chi connectivity index (χ4v) is 5.06. The molecular weight excluding hydrogens is 542 g/mol. The van der Waals surface area contributed by atoms with Gasteiger partial charge in [0.25, 0.3) is 11.8 Å². The molecule has 2 aromatic carbocycles. The highest BCUT2D eigenvalue weighted by molar-refractivity contribution is 6.26. The van der Waals surface area contributed by atoms with Crippen molar-refractivity contribution in [2.45, 2.75) is 66.0 Å². The van der Waals surface area contributed by atoms with Crippen LogP contribution in [0, 0.1) is 5.41 Å². The fourth-order valence-electron chi connectivity index (χ4n) is 5.06. The molecule has 0 saturated carbocycles. The number of benzene rings is 2. The van der Waals surface area contributed by atoms with E-state index in [0.717, 1.165) is 11.1 Å². The molecule has 0 fully saturated rings. The number of rotatable bonds is 14. The first-order valence-electron chi connectivity index (χ1n) is 14.1. The zero-order valence-electron chi connectivity index (χ0n) is 25.6. The zero-order valence-corrected chi connectivity index (χ0v) is 25.6. The molecule has 0 radical (unpaired) electrons. The maximum absolute atomic E-state index is 13.3. The Labute approximate surface area is 246 Å². The summed E-state index contributed by atoms with van der Waals surface area (Å²) in [6.07, 6.45) is -0.149. The Bertz CT molecular complexity index is 1310. The van der Waals surface area contributed by atoms with E-state index in [2.05, 4.69) is 10.6 Å². The number of ether oxygens (including phenoxy) is 3. The molecular formula is C31H43N3O8. The molecule has 0 saturated heterocycles. The largest absolute Gasteiger partial charge is 0.481 e. The Hall–Kier alpha value is -3.70. The Balaban J connectivity index is 1.56. The van der Waals surface area contributed by atoms with Gasteiger partial charge in [-0.1, -0.05) is 12.1 Å². The minimum Gasteiger partial charge on any atom is -0.481 e. The molecule has 230 valence electrons. The summed E-state index contributed by atoms with van der Waals surface area (Å²) < 4.78 is 16.2. The predicted octanol–water partition coefficient (Wildman–Crippen LogP) is 4.69. The molecule has 0 spiro atoms. The molecule has 3 amide bonds. The van der Waals surface area contributed by atoms with Crippen molar-refractivity contribution in [1.82, 2.24) is 10.2 Å². The molecule has 2 aromatic rings. The maximum atomic E-state index is 13.3. The van der Waals surface area contributed by atoms with E-state index >= 15 is 0 Å². The normalized spacial score (nSPS) is 13.8. The van der Waals surface area contributed by atoms with Crippen molar-refractivity contribution in [3.8, 4) is 0 Å². The molecule has 3 N–H and O–H groups in total. The standard InChI is InChI=1S/C31H43N3O8/c1-29(2,3)42-28(39)32-13-15-40-17-18-41-16-14-34-25(35)21-10-8-9-20-23(12-11-22(24(20)21)26(34)36)33-31(6,7)19-30(4,5)27(37)38/h8-12,33H,13-19H2,1-7H3,(H,32,39)(H,37,38). The number of imide groups is 1. The van der Waals surface area contributed by atoms with Gasteiger partial charge in [0.2, 0.25) is 0 Å². The number of anilines is 1. The first-order chi connectivity index (χ1) is 19.5. The third-order valence-electron chi connectivity index (χ3n) is 6.67. The maximum Gasteiger partial charge on any atom is 0.407 e. The van der Waals surface area contributed by atoms with Gasteiger partial charge >= 0.3 is 12.1 Å². The highest BCUT2D eigenvalue weighted by atomic mass is 16.6. The first kappa shape index (κ1) is 32.8. The number of amides is 3. The zero-order chi connectivity index (χ0) is 31.3. The molecule has 0 aliphatic carbocycles. The smallest absolute Gasteiger partial charge is 0.407 e. The lowest BCUT2D eigenvalue weighted by atomic mass is 9.80. The number of carboxylic acid groups (broad SMARTS) is 1. The second kappa shape index (κ2) is 13.1. The highest BCUT2D eigenvalue weighted by Crippen LogP contribution is 2.37. The summed E-state index contributed by atoms with van der Waals surface area (Å²) in [6.45, 7) is 14.0. The van der Waals surface area contributed by atoms with E-state index in [1.54, 1.807) is 58.9 Å². The van der Waals surface area contributed by atoms with Crippen LogP contribution in [0.1, 0.15) is 75.6 Å². The molecule has 0 unspecified atom stereocenters. The van der Waals surface area contributed by atoms with Gasteiger partial charge in [0, 0.05) is 39.7 Å². The van der Waals surface area contributed by atoms with Gasteiger partial charge in [-0.3, -0.25) is 19.3 Å². The average molecular weight is 586 g/mol. The molecule has 1 aliphatic rings. The van der Waals surface area contributed by atoms with Crippen LogP contribution < -0.4 is 10.6 Å². The fraction of sp³-hybridized carbons (Fsp3) is 0.548. The third-order valence-corrected chi connectivity index (χ3v) is 6.67. The lowest BCUT2D eigenvalue weighted by Gasteiger charge is -2.35. The number of carboxylic acids is 1. The number of carbonyl (C=O) groups is 4. The molecule has 3 rings (SSSR count). The van der Waals surface area contributed by atoms with Crippen LogP contribution in [-0.2, 0) is 19.0 Å². The average Bonchev–Trinajstić information content (AvgIpc) is 2.86. The molecule has 1 heterocycles. The molecule has 11 nitrogen and oxygen atoms in total. The third kappa shape index (κ3) is 8.42. The van der Waals surface area contributed by atoms with Gasteiger partial charge in [-0.25, -0.2) is 4.79 Å². The van der Waals surface area contributed by atoms with Crippen molar-refractivity contribution >= 4 is 40.3 Å². The quantitative estimate of drug-likeness (QED) is 0.213. The highest BCUT2D eigenvalue weighted by Gasteiger charge is 2.36. The van der Waals surface area contributed by atoms with E-state index in [-0.39, 0.29) is 33.0 Å². The van der Waals surface area contributed by atoms with Crippen molar-refractivity contribution in [1.29, 1.82) is 0 Å². The van der Waals surface area contributed by atoms with Gasteiger partial charge in [-0.05, 0) is 73.1 Å².